The lowest BCUT2D eigenvalue weighted by Crippen LogP contribution is -2.48. The van der Waals surface area contributed by atoms with Crippen molar-refractivity contribution in [2.75, 3.05) is 32.1 Å². The monoisotopic (exact) mass is 312 g/mol. The molecule has 1 aromatic rings. The number of ether oxygens (including phenoxy) is 2. The predicted molar refractivity (Wildman–Crippen MR) is 83.1 cm³/mol. The number of methoxy groups -OCH3 is 1. The molecule has 1 fully saturated rings. The fourth-order valence-electron chi connectivity index (χ4n) is 2.56. The highest BCUT2D eigenvalue weighted by Crippen LogP contribution is 2.27. The van der Waals surface area contributed by atoms with Gasteiger partial charge in [0.1, 0.15) is 5.75 Å². The van der Waals surface area contributed by atoms with Gasteiger partial charge in [-0.2, -0.15) is 0 Å². The summed E-state index contributed by atoms with van der Waals surface area (Å²) in [4.78, 5) is 14.2. The van der Waals surface area contributed by atoms with Crippen LogP contribution in [0.5, 0.6) is 5.75 Å². The van der Waals surface area contributed by atoms with E-state index in [0.717, 1.165) is 13.1 Å². The molecule has 2 rings (SSSR count). The minimum atomic E-state index is -0.0578. The molecule has 0 aromatic heterocycles. The largest absolute Gasteiger partial charge is 0.495 e. The van der Waals surface area contributed by atoms with E-state index in [2.05, 4.69) is 10.2 Å². The summed E-state index contributed by atoms with van der Waals surface area (Å²) in [6, 6.07) is 5.19. The maximum absolute atomic E-state index is 12.1. The Morgan fingerprint density at radius 3 is 2.67 bits per heavy atom. The molecule has 0 bridgehead atoms. The summed E-state index contributed by atoms with van der Waals surface area (Å²) in [5.74, 6) is 0.531. The van der Waals surface area contributed by atoms with E-state index in [1.54, 1.807) is 25.3 Å². The molecule has 0 aliphatic carbocycles. The van der Waals surface area contributed by atoms with Crippen molar-refractivity contribution in [2.24, 2.45) is 0 Å². The number of rotatable bonds is 4. The Kier molecular flexibility index (Phi) is 5.45. The van der Waals surface area contributed by atoms with Gasteiger partial charge in [-0.1, -0.05) is 11.6 Å². The molecule has 0 unspecified atom stereocenters. The highest BCUT2D eigenvalue weighted by molar-refractivity contribution is 6.32. The van der Waals surface area contributed by atoms with Gasteiger partial charge in [-0.15, -0.1) is 0 Å². The van der Waals surface area contributed by atoms with E-state index in [1.165, 1.54) is 0 Å². The van der Waals surface area contributed by atoms with Crippen LogP contribution < -0.4 is 10.1 Å². The van der Waals surface area contributed by atoms with Crippen LogP contribution in [0.3, 0.4) is 0 Å². The van der Waals surface area contributed by atoms with Gasteiger partial charge in [0, 0.05) is 18.8 Å². The molecule has 0 saturated carbocycles. The fourth-order valence-corrected chi connectivity index (χ4v) is 2.82. The van der Waals surface area contributed by atoms with Crippen LogP contribution in [0.2, 0.25) is 5.02 Å². The van der Waals surface area contributed by atoms with Crippen molar-refractivity contribution in [3.63, 3.8) is 0 Å². The first-order valence-corrected chi connectivity index (χ1v) is 7.37. The maximum Gasteiger partial charge on any atom is 0.238 e. The number of nitrogens with zero attached hydrogens (tertiary/aromatic N) is 1. The van der Waals surface area contributed by atoms with Gasteiger partial charge < -0.3 is 14.8 Å². The number of hydrogen-bond acceptors (Lipinski definition) is 4. The lowest BCUT2D eigenvalue weighted by atomic mass is 10.2. The number of hydrogen-bond donors (Lipinski definition) is 1. The van der Waals surface area contributed by atoms with Gasteiger partial charge in [0.15, 0.2) is 0 Å². The molecular formula is C15H21ClN2O3. The molecule has 1 aromatic carbocycles. The first-order valence-electron chi connectivity index (χ1n) is 6.99. The Balaban J connectivity index is 1.91. The number of benzene rings is 1. The summed E-state index contributed by atoms with van der Waals surface area (Å²) in [6.45, 7) is 5.91. The molecule has 1 amide bonds. The number of carbonyl (C=O) groups excluding carboxylic acids is 1. The van der Waals surface area contributed by atoms with E-state index in [0.29, 0.717) is 23.0 Å². The van der Waals surface area contributed by atoms with Gasteiger partial charge in [-0.25, -0.2) is 0 Å². The number of nitrogens with one attached hydrogen (secondary N) is 1. The zero-order chi connectivity index (χ0) is 15.4. The fraction of sp³-hybridized carbons (Fsp3) is 0.533. The Hall–Kier alpha value is -1.30. The van der Waals surface area contributed by atoms with Gasteiger partial charge in [0.25, 0.3) is 0 Å². The van der Waals surface area contributed by atoms with Gasteiger partial charge in [0.05, 0.1) is 30.9 Å². The summed E-state index contributed by atoms with van der Waals surface area (Å²) in [7, 11) is 1.56. The van der Waals surface area contributed by atoms with E-state index in [9.17, 15) is 4.79 Å². The van der Waals surface area contributed by atoms with Crippen molar-refractivity contribution in [2.45, 2.75) is 26.1 Å². The van der Waals surface area contributed by atoms with Crippen LogP contribution in [0.4, 0.5) is 5.69 Å². The van der Waals surface area contributed by atoms with Crippen LogP contribution in [-0.4, -0.2) is 49.8 Å². The van der Waals surface area contributed by atoms with Gasteiger partial charge in [0.2, 0.25) is 5.91 Å². The van der Waals surface area contributed by atoms with Crippen LogP contribution in [0.1, 0.15) is 13.8 Å². The Bertz CT molecular complexity index is 500. The van der Waals surface area contributed by atoms with Crippen molar-refractivity contribution in [3.05, 3.63) is 23.2 Å². The molecule has 1 aliphatic rings. The molecule has 2 atom stereocenters. The SMILES string of the molecule is COc1ccc(NC(=O)CN2C[C@H](C)O[C@@H](C)C2)cc1Cl. The summed E-state index contributed by atoms with van der Waals surface area (Å²) < 4.78 is 10.7. The molecule has 0 spiro atoms. The number of amides is 1. The van der Waals surface area contributed by atoms with E-state index >= 15 is 0 Å². The first kappa shape index (κ1) is 16.1. The van der Waals surface area contributed by atoms with E-state index < -0.39 is 0 Å². The van der Waals surface area contributed by atoms with Crippen molar-refractivity contribution < 1.29 is 14.3 Å². The van der Waals surface area contributed by atoms with Crippen molar-refractivity contribution in [1.82, 2.24) is 4.90 Å². The van der Waals surface area contributed by atoms with Gasteiger partial charge >= 0.3 is 0 Å². The summed E-state index contributed by atoms with van der Waals surface area (Å²) >= 11 is 6.04. The molecule has 0 radical (unpaired) electrons. The van der Waals surface area contributed by atoms with Crippen LogP contribution in [0.15, 0.2) is 18.2 Å². The molecule has 1 heterocycles. The Morgan fingerprint density at radius 1 is 1.43 bits per heavy atom. The summed E-state index contributed by atoms with van der Waals surface area (Å²) in [5, 5.41) is 3.33. The van der Waals surface area contributed by atoms with Crippen LogP contribution >= 0.6 is 11.6 Å². The minimum Gasteiger partial charge on any atom is -0.495 e. The summed E-state index contributed by atoms with van der Waals surface area (Å²) in [5.41, 5.74) is 0.667. The normalized spacial score (nSPS) is 22.9. The second kappa shape index (κ2) is 7.11. The summed E-state index contributed by atoms with van der Waals surface area (Å²) in [6.07, 6.45) is 0.300. The lowest BCUT2D eigenvalue weighted by Gasteiger charge is -2.34. The first-order chi connectivity index (χ1) is 9.97. The number of carbonyl (C=O) groups is 1. The van der Waals surface area contributed by atoms with Gasteiger partial charge in [-0.3, -0.25) is 9.69 Å². The smallest absolute Gasteiger partial charge is 0.238 e. The highest BCUT2D eigenvalue weighted by atomic mass is 35.5. The molecule has 21 heavy (non-hydrogen) atoms. The molecular weight excluding hydrogens is 292 g/mol. The molecule has 5 nitrogen and oxygen atoms in total. The predicted octanol–water partition coefficient (Wildman–Crippen LogP) is 2.40. The Morgan fingerprint density at radius 2 is 2.10 bits per heavy atom. The van der Waals surface area contributed by atoms with Crippen LogP contribution in [0, 0.1) is 0 Å². The lowest BCUT2D eigenvalue weighted by molar-refractivity contribution is -0.121. The van der Waals surface area contributed by atoms with Crippen molar-refractivity contribution >= 4 is 23.2 Å². The number of anilines is 1. The highest BCUT2D eigenvalue weighted by Gasteiger charge is 2.23. The minimum absolute atomic E-state index is 0.0578. The van der Waals surface area contributed by atoms with Crippen LogP contribution in [0.25, 0.3) is 0 Å². The van der Waals surface area contributed by atoms with Crippen molar-refractivity contribution in [1.29, 1.82) is 0 Å². The van der Waals surface area contributed by atoms with Gasteiger partial charge in [-0.05, 0) is 32.0 Å². The number of halogens is 1. The number of morpholine rings is 1. The standard InChI is InChI=1S/C15H21ClN2O3/c1-10-7-18(8-11(2)21-10)9-15(19)17-12-4-5-14(20-3)13(16)6-12/h4-6,10-11H,7-9H2,1-3H3,(H,17,19)/t10-,11-/m0/s1. The second-order valence-corrected chi connectivity index (χ2v) is 5.76. The second-order valence-electron chi connectivity index (χ2n) is 5.35. The quantitative estimate of drug-likeness (QED) is 0.927. The molecule has 116 valence electrons. The van der Waals surface area contributed by atoms with Crippen LogP contribution in [-0.2, 0) is 9.53 Å². The average molecular weight is 313 g/mol. The van der Waals surface area contributed by atoms with E-state index in [1.807, 2.05) is 13.8 Å². The van der Waals surface area contributed by atoms with Crippen molar-refractivity contribution in [3.8, 4) is 5.75 Å². The zero-order valence-corrected chi connectivity index (χ0v) is 13.3. The van der Waals surface area contributed by atoms with E-state index in [-0.39, 0.29) is 18.1 Å². The molecule has 1 aliphatic heterocycles. The maximum atomic E-state index is 12.1. The average Bonchev–Trinajstić information content (AvgIpc) is 2.37. The topological polar surface area (TPSA) is 50.8 Å². The molecule has 6 heteroatoms. The van der Waals surface area contributed by atoms with E-state index in [4.69, 9.17) is 21.1 Å². The Labute approximate surface area is 130 Å². The molecule has 1 N–H and O–H groups in total. The third-order valence-electron chi connectivity index (χ3n) is 3.30. The zero-order valence-electron chi connectivity index (χ0n) is 12.6. The molecule has 1 saturated heterocycles. The third kappa shape index (κ3) is 4.59. The third-order valence-corrected chi connectivity index (χ3v) is 3.59.